The number of hydrogen-bond acceptors (Lipinski definition) is 7. The average Bonchev–Trinajstić information content (AvgIpc) is 3.16. The van der Waals surface area contributed by atoms with Gasteiger partial charge >= 0.3 is 19.8 Å². The molecule has 0 rings (SSSR count). The van der Waals surface area contributed by atoms with Gasteiger partial charge in [-0.3, -0.25) is 18.6 Å². The highest BCUT2D eigenvalue weighted by atomic mass is 31.2. The third-order valence-electron chi connectivity index (χ3n) is 9.37. The minimum atomic E-state index is -4.38. The molecule has 0 aliphatic carbocycles. The predicted molar refractivity (Wildman–Crippen MR) is 238 cm³/mol. The third kappa shape index (κ3) is 43.1. The molecule has 0 bridgehead atoms. The Labute approximate surface area is 349 Å². The Balaban J connectivity index is 4.32. The lowest BCUT2D eigenvalue weighted by Crippen LogP contribution is -2.37. The number of carbonyl (C=O) groups is 2. The van der Waals surface area contributed by atoms with Crippen LogP contribution < -0.4 is 0 Å². The van der Waals surface area contributed by atoms with E-state index in [0.29, 0.717) is 17.4 Å². The van der Waals surface area contributed by atoms with E-state index in [9.17, 15) is 19.0 Å². The van der Waals surface area contributed by atoms with Crippen LogP contribution in [0.3, 0.4) is 0 Å². The lowest BCUT2D eigenvalue weighted by atomic mass is 10.1. The van der Waals surface area contributed by atoms with Crippen LogP contribution in [0, 0.1) is 0 Å². The van der Waals surface area contributed by atoms with Crippen molar-refractivity contribution in [1.29, 1.82) is 0 Å². The van der Waals surface area contributed by atoms with Gasteiger partial charge in [-0.2, -0.15) is 0 Å². The zero-order valence-electron chi connectivity index (χ0n) is 37.1. The zero-order valence-corrected chi connectivity index (χ0v) is 38.0. The third-order valence-corrected chi connectivity index (χ3v) is 10.4. The highest BCUT2D eigenvalue weighted by molar-refractivity contribution is 7.47. The van der Waals surface area contributed by atoms with Crippen molar-refractivity contribution in [3.8, 4) is 0 Å². The standard InChI is InChI=1S/C47H84NO8P/c1-6-8-10-12-14-16-18-20-21-22-23-24-25-26-28-29-31-33-35-37-39-46(49)53-43-45(44-55-57(51,52)54-42-41-48(3,4)5)56-47(50)40-38-36-34-32-30-27-19-17-15-13-11-9-7-2/h9,11,13,15-21,45H,6-8,10,12,14,22-44H2,1-5H3/p+1/b11-9+,15-13+,18-16+,19-17+,21-20+. The van der Waals surface area contributed by atoms with Crippen molar-refractivity contribution in [2.45, 2.75) is 180 Å². The van der Waals surface area contributed by atoms with Crippen molar-refractivity contribution in [1.82, 2.24) is 0 Å². The molecule has 2 atom stereocenters. The van der Waals surface area contributed by atoms with Crippen LogP contribution in [0.25, 0.3) is 0 Å². The van der Waals surface area contributed by atoms with Gasteiger partial charge in [0.15, 0.2) is 6.10 Å². The topological polar surface area (TPSA) is 108 Å². The first kappa shape index (κ1) is 54.7. The van der Waals surface area contributed by atoms with Crippen LogP contribution in [0.2, 0.25) is 0 Å². The van der Waals surface area contributed by atoms with Crippen molar-refractivity contribution in [2.75, 3.05) is 47.5 Å². The number of rotatable bonds is 40. The molecule has 0 saturated heterocycles. The van der Waals surface area contributed by atoms with E-state index in [2.05, 4.69) is 56.4 Å². The minimum absolute atomic E-state index is 0.0243. The van der Waals surface area contributed by atoms with Gasteiger partial charge in [0.05, 0.1) is 27.7 Å². The summed E-state index contributed by atoms with van der Waals surface area (Å²) in [4.78, 5) is 35.4. The number of phosphoric acid groups is 1. The molecule has 9 nitrogen and oxygen atoms in total. The fourth-order valence-corrected chi connectivity index (χ4v) is 6.57. The van der Waals surface area contributed by atoms with E-state index >= 15 is 0 Å². The van der Waals surface area contributed by atoms with Gasteiger partial charge in [-0.1, -0.05) is 164 Å². The molecule has 1 N–H and O–H groups in total. The van der Waals surface area contributed by atoms with E-state index in [-0.39, 0.29) is 32.0 Å². The van der Waals surface area contributed by atoms with E-state index in [0.717, 1.165) is 64.2 Å². The predicted octanol–water partition coefficient (Wildman–Crippen LogP) is 12.9. The number of carbonyl (C=O) groups excluding carboxylic acids is 2. The molecule has 0 radical (unpaired) electrons. The number of esters is 2. The Morgan fingerprint density at radius 3 is 1.49 bits per heavy atom. The maximum absolute atomic E-state index is 12.7. The number of nitrogens with zero attached hydrogens (tertiary/aromatic N) is 1. The lowest BCUT2D eigenvalue weighted by molar-refractivity contribution is -0.870. The van der Waals surface area contributed by atoms with Gasteiger partial charge in [-0.05, 0) is 57.8 Å². The van der Waals surface area contributed by atoms with Crippen molar-refractivity contribution in [3.63, 3.8) is 0 Å². The Morgan fingerprint density at radius 1 is 0.561 bits per heavy atom. The first-order valence-corrected chi connectivity index (χ1v) is 24.1. The molecule has 330 valence electrons. The summed E-state index contributed by atoms with van der Waals surface area (Å²) < 4.78 is 34.3. The number of allylic oxidation sites excluding steroid dienone is 10. The molecule has 0 aromatic heterocycles. The van der Waals surface area contributed by atoms with Gasteiger partial charge < -0.3 is 18.9 Å². The number of likely N-dealkylation sites (N-methyl/N-ethyl adjacent to an activating group) is 1. The van der Waals surface area contributed by atoms with Gasteiger partial charge in [-0.25, -0.2) is 4.57 Å². The van der Waals surface area contributed by atoms with Crippen LogP contribution in [-0.2, 0) is 32.7 Å². The molecule has 0 aromatic rings. The fraction of sp³-hybridized carbons (Fsp3) is 0.745. The van der Waals surface area contributed by atoms with E-state index in [1.807, 2.05) is 39.4 Å². The second kappa shape index (κ2) is 39.2. The largest absolute Gasteiger partial charge is 0.472 e. The summed E-state index contributed by atoms with van der Waals surface area (Å²) in [5.41, 5.74) is 0. The van der Waals surface area contributed by atoms with Crippen molar-refractivity contribution in [3.05, 3.63) is 60.8 Å². The second-order valence-electron chi connectivity index (χ2n) is 16.1. The normalized spacial score (nSPS) is 14.1. The summed E-state index contributed by atoms with van der Waals surface area (Å²) in [5, 5.41) is 0. The molecular weight excluding hydrogens is 737 g/mol. The van der Waals surface area contributed by atoms with Crippen LogP contribution >= 0.6 is 7.82 Å². The monoisotopic (exact) mass is 823 g/mol. The Hall–Kier alpha value is -2.29. The first-order chi connectivity index (χ1) is 27.5. The Bertz CT molecular complexity index is 1160. The number of unbranched alkanes of at least 4 members (excludes halogenated alkanes) is 19. The summed E-state index contributed by atoms with van der Waals surface area (Å²) in [6, 6.07) is 0. The van der Waals surface area contributed by atoms with Crippen LogP contribution in [0.5, 0.6) is 0 Å². The second-order valence-corrected chi connectivity index (χ2v) is 17.6. The quantitative estimate of drug-likeness (QED) is 0.0214. The number of quaternary nitrogens is 1. The zero-order chi connectivity index (χ0) is 42.1. The maximum atomic E-state index is 12.7. The van der Waals surface area contributed by atoms with E-state index < -0.39 is 26.5 Å². The highest BCUT2D eigenvalue weighted by Gasteiger charge is 2.27. The summed E-state index contributed by atoms with van der Waals surface area (Å²) in [5.74, 6) is -0.830. The summed E-state index contributed by atoms with van der Waals surface area (Å²) in [6.45, 7) is 4.23. The van der Waals surface area contributed by atoms with E-state index in [1.165, 1.54) is 77.0 Å². The minimum Gasteiger partial charge on any atom is -0.462 e. The SMILES string of the molecule is CC/C=C/C=C/C=C/CCCCCCCC(=O)OC(COC(=O)CCCCCCCCCCCC/C=C/C=C/CCCCCC)COP(=O)(O)OCC[N+](C)(C)C. The molecule has 0 aliphatic heterocycles. The molecule has 0 heterocycles. The number of phosphoric ester groups is 1. The van der Waals surface area contributed by atoms with Crippen LogP contribution in [0.15, 0.2) is 60.8 Å². The average molecular weight is 823 g/mol. The van der Waals surface area contributed by atoms with E-state index in [4.69, 9.17) is 18.5 Å². The molecule has 0 aliphatic rings. The van der Waals surface area contributed by atoms with Crippen LogP contribution in [0.1, 0.15) is 174 Å². The van der Waals surface area contributed by atoms with Gasteiger partial charge in [-0.15, -0.1) is 0 Å². The van der Waals surface area contributed by atoms with E-state index in [1.54, 1.807) is 0 Å². The maximum Gasteiger partial charge on any atom is 0.472 e. The van der Waals surface area contributed by atoms with Crippen LogP contribution in [-0.4, -0.2) is 74.9 Å². The van der Waals surface area contributed by atoms with Crippen molar-refractivity contribution in [2.24, 2.45) is 0 Å². The number of ether oxygens (including phenoxy) is 2. The van der Waals surface area contributed by atoms with Gasteiger partial charge in [0.25, 0.3) is 0 Å². The molecule has 0 aromatic carbocycles. The smallest absolute Gasteiger partial charge is 0.462 e. The summed E-state index contributed by atoms with van der Waals surface area (Å²) in [6.07, 6.45) is 47.0. The summed E-state index contributed by atoms with van der Waals surface area (Å²) in [7, 11) is 1.45. The lowest BCUT2D eigenvalue weighted by Gasteiger charge is -2.24. The van der Waals surface area contributed by atoms with Crippen molar-refractivity contribution < 1.29 is 42.1 Å². The van der Waals surface area contributed by atoms with Crippen LogP contribution in [0.4, 0.5) is 0 Å². The molecule has 57 heavy (non-hydrogen) atoms. The molecule has 0 spiro atoms. The molecule has 0 fully saturated rings. The first-order valence-electron chi connectivity index (χ1n) is 22.6. The Morgan fingerprint density at radius 2 is 1.00 bits per heavy atom. The highest BCUT2D eigenvalue weighted by Crippen LogP contribution is 2.43. The fourth-order valence-electron chi connectivity index (χ4n) is 5.83. The molecule has 10 heteroatoms. The number of hydrogen-bond donors (Lipinski definition) is 1. The van der Waals surface area contributed by atoms with Crippen molar-refractivity contribution >= 4 is 19.8 Å². The summed E-state index contributed by atoms with van der Waals surface area (Å²) >= 11 is 0. The van der Waals surface area contributed by atoms with Gasteiger partial charge in [0.2, 0.25) is 0 Å². The van der Waals surface area contributed by atoms with Gasteiger partial charge in [0, 0.05) is 12.8 Å². The molecule has 2 unspecified atom stereocenters. The Kier molecular flexibility index (Phi) is 37.6. The molecule has 0 amide bonds. The molecular formula is C47H85NO8P+. The molecule has 0 saturated carbocycles. The van der Waals surface area contributed by atoms with Gasteiger partial charge in [0.1, 0.15) is 19.8 Å².